The Bertz CT molecular complexity index is 3650. The third-order valence-corrected chi connectivity index (χ3v) is 18.5. The van der Waals surface area contributed by atoms with Gasteiger partial charge in [0.15, 0.2) is 11.6 Å². The summed E-state index contributed by atoms with van der Waals surface area (Å²) >= 11 is 27.2. The van der Waals surface area contributed by atoms with Gasteiger partial charge in [-0.25, -0.2) is 23.5 Å². The molecule has 4 fully saturated rings. The number of nitrogens with one attached hydrogen (secondary N) is 6. The summed E-state index contributed by atoms with van der Waals surface area (Å²) in [7, 11) is 0. The summed E-state index contributed by atoms with van der Waals surface area (Å²) in [5, 5.41) is 35.9. The highest BCUT2D eigenvalue weighted by atomic mass is 35.5. The molecule has 0 spiro atoms. The molecule has 2 atom stereocenters. The number of aromatic carboxylic acids is 1. The van der Waals surface area contributed by atoms with E-state index in [0.717, 1.165) is 147 Å². The zero-order valence-electron chi connectivity index (χ0n) is 51.4. The number of rotatable bonds is 12. The highest BCUT2D eigenvalue weighted by molar-refractivity contribution is 7.99. The number of aliphatic hydroxyl groups excluding tert-OH is 1. The van der Waals surface area contributed by atoms with Crippen LogP contribution in [0.2, 0.25) is 20.1 Å². The predicted molar refractivity (Wildman–Crippen MR) is 368 cm³/mol. The summed E-state index contributed by atoms with van der Waals surface area (Å²) in [6.45, 7) is 17.1. The maximum Gasteiger partial charge on any atom is 0.335 e. The van der Waals surface area contributed by atoms with E-state index < -0.39 is 17.6 Å². The summed E-state index contributed by atoms with van der Waals surface area (Å²) in [6, 6.07) is 21.8. The lowest BCUT2D eigenvalue weighted by atomic mass is 10.1. The van der Waals surface area contributed by atoms with Crippen LogP contribution in [-0.4, -0.2) is 181 Å². The quantitative estimate of drug-likeness (QED) is 0.0568. The first-order valence-electron chi connectivity index (χ1n) is 30.2. The molecule has 8 N–H and O–H groups in total. The van der Waals surface area contributed by atoms with E-state index >= 15 is 0 Å². The van der Waals surface area contributed by atoms with Crippen molar-refractivity contribution in [1.82, 2.24) is 36.1 Å². The number of halogens is 6. The van der Waals surface area contributed by atoms with Crippen molar-refractivity contribution in [3.8, 4) is 0 Å². The highest BCUT2D eigenvalue weighted by Crippen LogP contribution is 2.36. The second-order valence-corrected chi connectivity index (χ2v) is 25.5. The number of amides is 5. The molecule has 2 aromatic heterocycles. The Kier molecular flexibility index (Phi) is 26.8. The Morgan fingerprint density at radius 3 is 1.40 bits per heavy atom. The van der Waals surface area contributed by atoms with E-state index in [4.69, 9.17) is 61.6 Å². The summed E-state index contributed by atoms with van der Waals surface area (Å²) in [5.74, 6) is 2.81. The zero-order chi connectivity index (χ0) is 66.7. The molecule has 12 rings (SSSR count). The molecule has 4 saturated heterocycles. The van der Waals surface area contributed by atoms with Gasteiger partial charge in [0.1, 0.15) is 23.7 Å². The molecule has 0 aliphatic carbocycles. The van der Waals surface area contributed by atoms with Crippen molar-refractivity contribution in [3.05, 3.63) is 162 Å². The van der Waals surface area contributed by atoms with Gasteiger partial charge < -0.3 is 61.7 Å². The SMILES string of the molecule is CCNC(=O)c1ccc(F)c(Cl)c1.CCNC(=O)c1ccc(N2CCN(Cc3cnc4c(c3)NC(=O)[C@@H]3CSCCN43)CC2)c(Cl)c1.CCNC(=O)c1ccc(N2CCNCC2)c(Cl)c1.O=C(O)c1ccc(F)c(Cl)c1.O=C1Nc2cc(CO)cnc2N2CCSC[C@@H]12. The fourth-order valence-corrected chi connectivity index (χ4v) is 13.6. The van der Waals surface area contributed by atoms with E-state index in [9.17, 15) is 37.5 Å². The number of carbonyl (C=O) groups excluding carboxylic acids is 5. The van der Waals surface area contributed by atoms with Crippen LogP contribution in [0.1, 0.15) is 73.3 Å². The lowest BCUT2D eigenvalue weighted by Gasteiger charge is -2.40. The standard InChI is InChI=1S/C24H29ClN6O2S.C13H18ClN3O.C11H13N3O2S.C9H9ClFNO.C7H4ClFO2/c1-2-26-23(32)17-3-4-20(18(25)12-17)30-7-5-29(6-8-30)14-16-11-19-22(27-13-16)31-9-10-34-15-21(31)24(33)28-19;1-2-16-13(18)10-3-4-12(11(14)9-10)17-7-5-15-6-8-17;15-5-7-3-8-10(12-4-7)14-1-2-17-6-9(14)11(16)13-8;1-2-12-9(13)6-3-4-8(11)7(10)5-6;8-5-3-4(7(10)11)1-2-6(5)9/h3-4,11-13,21H,2,5-10,14-15H2,1H3,(H,26,32)(H,28,33);3-4,9,15H,2,5-8H2,1H3,(H,16,18);3-4,9,15H,1-2,5-6H2,(H,13,16);3-5H,2H2,1H3,(H,12,13);1-3H,(H,10,11)/t21-;;9-;;/m0.0../s1. The Morgan fingerprint density at radius 2 is 0.968 bits per heavy atom. The molecule has 0 radical (unpaired) electrons. The van der Waals surface area contributed by atoms with Crippen LogP contribution in [0.3, 0.4) is 0 Å². The summed E-state index contributed by atoms with van der Waals surface area (Å²) in [4.78, 5) is 89.9. The average molecular weight is 1400 g/mol. The van der Waals surface area contributed by atoms with Gasteiger partial charge in [0, 0.05) is 144 Å². The van der Waals surface area contributed by atoms with Gasteiger partial charge in [-0.05, 0) is 117 Å². The second-order valence-electron chi connectivity index (χ2n) is 21.6. The summed E-state index contributed by atoms with van der Waals surface area (Å²) < 4.78 is 25.1. The number of thioether (sulfide) groups is 2. The van der Waals surface area contributed by atoms with E-state index in [1.54, 1.807) is 36.2 Å². The van der Waals surface area contributed by atoms with Gasteiger partial charge in [-0.15, -0.1) is 0 Å². The molecule has 6 aliphatic rings. The highest BCUT2D eigenvalue weighted by Gasteiger charge is 2.37. The number of carbonyl (C=O) groups is 6. The van der Waals surface area contributed by atoms with Gasteiger partial charge in [0.05, 0.1) is 55.0 Å². The van der Waals surface area contributed by atoms with Crippen molar-refractivity contribution >= 4 is 140 Å². The Labute approximate surface area is 567 Å². The number of benzene rings is 4. The van der Waals surface area contributed by atoms with Gasteiger partial charge in [-0.1, -0.05) is 46.4 Å². The molecule has 21 nitrogen and oxygen atoms in total. The van der Waals surface area contributed by atoms with Crippen molar-refractivity contribution in [2.45, 2.75) is 46.0 Å². The number of carboxylic acids is 1. The number of nitrogens with zero attached hydrogens (tertiary/aromatic N) is 7. The minimum atomic E-state index is -1.12. The van der Waals surface area contributed by atoms with Crippen LogP contribution in [0, 0.1) is 11.6 Å². The summed E-state index contributed by atoms with van der Waals surface area (Å²) in [5.41, 5.74) is 6.86. The number of aliphatic hydroxyl groups is 1. The lowest BCUT2D eigenvalue weighted by Crippen LogP contribution is -2.53. The first-order chi connectivity index (χ1) is 44.8. The molecule has 0 bridgehead atoms. The first-order valence-corrected chi connectivity index (χ1v) is 34.0. The second kappa shape index (κ2) is 34.8. The normalized spacial score (nSPS) is 17.1. The van der Waals surface area contributed by atoms with Crippen molar-refractivity contribution in [2.24, 2.45) is 0 Å². The molecular formula is C64H73Cl4F2N13O8S2. The third-order valence-electron chi connectivity index (χ3n) is 15.3. The third kappa shape index (κ3) is 19.2. The number of anilines is 6. The van der Waals surface area contributed by atoms with E-state index in [1.165, 1.54) is 18.2 Å². The number of aromatic nitrogens is 2. The Hall–Kier alpha value is -7.20. The van der Waals surface area contributed by atoms with Gasteiger partial charge >= 0.3 is 5.97 Å². The first kappa shape index (κ1) is 71.6. The molecule has 4 aromatic carbocycles. The van der Waals surface area contributed by atoms with Gasteiger partial charge in [0.2, 0.25) is 11.8 Å². The van der Waals surface area contributed by atoms with Crippen LogP contribution in [0.4, 0.5) is 43.2 Å². The smallest absolute Gasteiger partial charge is 0.335 e. The minimum Gasteiger partial charge on any atom is -0.478 e. The zero-order valence-corrected chi connectivity index (χ0v) is 56.0. The van der Waals surface area contributed by atoms with E-state index in [-0.39, 0.29) is 63.8 Å². The Balaban J connectivity index is 0.000000160. The monoisotopic (exact) mass is 1390 g/mol. The number of hydrogen-bond donors (Lipinski definition) is 8. The number of carboxylic acid groups (broad SMARTS) is 1. The molecule has 0 saturated carbocycles. The fraction of sp³-hybridized carbons (Fsp3) is 0.375. The van der Waals surface area contributed by atoms with E-state index in [0.29, 0.717) is 57.6 Å². The van der Waals surface area contributed by atoms with Crippen LogP contribution < -0.4 is 51.5 Å². The number of hydrogen-bond acceptors (Lipinski definition) is 17. The Morgan fingerprint density at radius 1 is 0.559 bits per heavy atom. The molecule has 496 valence electrons. The van der Waals surface area contributed by atoms with Gasteiger partial charge in [-0.3, -0.25) is 28.9 Å². The maximum atomic E-state index is 12.7. The van der Waals surface area contributed by atoms with Gasteiger partial charge in [-0.2, -0.15) is 23.5 Å². The van der Waals surface area contributed by atoms with Crippen LogP contribution >= 0.6 is 69.9 Å². The van der Waals surface area contributed by atoms with Crippen LogP contribution in [0.5, 0.6) is 0 Å². The average Bonchev–Trinajstić information content (AvgIpc) is 0.795. The van der Waals surface area contributed by atoms with Crippen LogP contribution in [0.25, 0.3) is 0 Å². The van der Waals surface area contributed by atoms with E-state index in [2.05, 4.69) is 67.5 Å². The molecular weight excluding hydrogens is 1320 g/mol. The number of piperazine rings is 2. The fourth-order valence-electron chi connectivity index (χ4n) is 10.6. The van der Waals surface area contributed by atoms with Crippen LogP contribution in [0.15, 0.2) is 97.3 Å². The van der Waals surface area contributed by atoms with E-state index in [1.807, 2.05) is 63.0 Å². The van der Waals surface area contributed by atoms with Crippen molar-refractivity contribution in [3.63, 3.8) is 0 Å². The predicted octanol–water partition coefficient (Wildman–Crippen LogP) is 9.03. The molecule has 0 unspecified atom stereocenters. The van der Waals surface area contributed by atoms with Crippen molar-refractivity contribution < 1.29 is 47.8 Å². The summed E-state index contributed by atoms with van der Waals surface area (Å²) in [6.07, 6.45) is 3.60. The molecule has 6 aliphatic heterocycles. The number of pyridine rings is 2. The molecule has 8 heterocycles. The molecule has 93 heavy (non-hydrogen) atoms. The van der Waals surface area contributed by atoms with Crippen LogP contribution in [-0.2, 0) is 22.7 Å². The topological polar surface area (TPSA) is 257 Å². The molecule has 29 heteroatoms. The van der Waals surface area contributed by atoms with Crippen molar-refractivity contribution in [1.29, 1.82) is 0 Å². The lowest BCUT2D eigenvalue weighted by molar-refractivity contribution is -0.118. The molecule has 6 aromatic rings. The number of fused-ring (bicyclic) bond motifs is 6. The van der Waals surface area contributed by atoms with Crippen molar-refractivity contribution in [2.75, 3.05) is 138 Å². The largest absolute Gasteiger partial charge is 0.478 e. The van der Waals surface area contributed by atoms with Gasteiger partial charge in [0.25, 0.3) is 17.7 Å². The minimum absolute atomic E-state index is 0.0172. The maximum absolute atomic E-state index is 12.7. The molecule has 5 amide bonds.